The number of piperazine rings is 1. The van der Waals surface area contributed by atoms with E-state index in [2.05, 4.69) is 24.1 Å². The van der Waals surface area contributed by atoms with E-state index in [1.54, 1.807) is 6.07 Å². The third-order valence-corrected chi connectivity index (χ3v) is 3.87. The number of hydrogen-bond acceptors (Lipinski definition) is 5. The Hall–Kier alpha value is -1.66. The van der Waals surface area contributed by atoms with Crippen LogP contribution in [0.1, 0.15) is 31.9 Å². The van der Waals surface area contributed by atoms with E-state index in [-0.39, 0.29) is 17.5 Å². The fourth-order valence-corrected chi connectivity index (χ4v) is 2.83. The molecule has 0 unspecified atom stereocenters. The van der Waals surface area contributed by atoms with E-state index in [4.69, 9.17) is 0 Å². The third-order valence-electron chi connectivity index (χ3n) is 3.87. The number of nitrogens with one attached hydrogen (secondary N) is 1. The largest absolute Gasteiger partial charge is 0.502 e. The zero-order chi connectivity index (χ0) is 15.4. The van der Waals surface area contributed by atoms with Crippen molar-refractivity contribution >= 4 is 5.69 Å². The topological polar surface area (TPSA) is 78.6 Å². The molecular formula is C15H23N3O3. The van der Waals surface area contributed by atoms with Crippen LogP contribution in [-0.2, 0) is 0 Å². The summed E-state index contributed by atoms with van der Waals surface area (Å²) in [5.41, 5.74) is 0.700. The molecule has 0 amide bonds. The molecule has 0 bridgehead atoms. The van der Waals surface area contributed by atoms with Gasteiger partial charge in [-0.2, -0.15) is 0 Å². The van der Waals surface area contributed by atoms with Crippen molar-refractivity contribution in [2.75, 3.05) is 26.2 Å². The summed E-state index contributed by atoms with van der Waals surface area (Å²) in [5.74, 6) is 0.227. The first-order valence-corrected chi connectivity index (χ1v) is 7.41. The quantitative estimate of drug-likeness (QED) is 0.643. The number of aromatic hydroxyl groups is 1. The van der Waals surface area contributed by atoms with Crippen LogP contribution in [0.25, 0.3) is 0 Å². The summed E-state index contributed by atoms with van der Waals surface area (Å²) < 4.78 is 0. The highest BCUT2D eigenvalue weighted by atomic mass is 16.6. The fourth-order valence-electron chi connectivity index (χ4n) is 2.83. The van der Waals surface area contributed by atoms with Crippen LogP contribution in [0.5, 0.6) is 5.75 Å². The van der Waals surface area contributed by atoms with Gasteiger partial charge in [0.25, 0.3) is 0 Å². The molecule has 0 aromatic heterocycles. The number of nitro benzene ring substituents is 1. The van der Waals surface area contributed by atoms with Crippen LogP contribution in [0.2, 0.25) is 0 Å². The zero-order valence-corrected chi connectivity index (χ0v) is 12.6. The average Bonchev–Trinajstić information content (AvgIpc) is 2.46. The molecule has 21 heavy (non-hydrogen) atoms. The number of rotatable bonds is 5. The lowest BCUT2D eigenvalue weighted by molar-refractivity contribution is -0.386. The zero-order valence-electron chi connectivity index (χ0n) is 12.6. The van der Waals surface area contributed by atoms with Gasteiger partial charge in [0.1, 0.15) is 0 Å². The molecule has 0 radical (unpaired) electrons. The van der Waals surface area contributed by atoms with E-state index in [0.717, 1.165) is 38.2 Å². The molecule has 0 aliphatic carbocycles. The van der Waals surface area contributed by atoms with Crippen molar-refractivity contribution in [3.63, 3.8) is 0 Å². The van der Waals surface area contributed by atoms with Crippen LogP contribution in [0.3, 0.4) is 0 Å². The summed E-state index contributed by atoms with van der Waals surface area (Å²) in [6, 6.07) is 4.91. The lowest BCUT2D eigenvalue weighted by Gasteiger charge is -2.36. The van der Waals surface area contributed by atoms with Crippen LogP contribution < -0.4 is 5.32 Å². The molecule has 1 aromatic carbocycles. The van der Waals surface area contributed by atoms with Crippen molar-refractivity contribution in [3.05, 3.63) is 33.9 Å². The van der Waals surface area contributed by atoms with Gasteiger partial charge in [0.15, 0.2) is 5.75 Å². The van der Waals surface area contributed by atoms with E-state index < -0.39 is 4.92 Å². The van der Waals surface area contributed by atoms with Crippen molar-refractivity contribution < 1.29 is 10.0 Å². The molecule has 1 aliphatic rings. The van der Waals surface area contributed by atoms with E-state index in [9.17, 15) is 15.2 Å². The number of hydrogen-bond donors (Lipinski definition) is 2. The monoisotopic (exact) mass is 293 g/mol. The highest BCUT2D eigenvalue weighted by Gasteiger charge is 2.25. The Kier molecular flexibility index (Phi) is 5.14. The van der Waals surface area contributed by atoms with Gasteiger partial charge in [0, 0.05) is 38.3 Å². The molecule has 116 valence electrons. The summed E-state index contributed by atoms with van der Waals surface area (Å²) in [5, 5.41) is 24.0. The minimum absolute atomic E-state index is 0.159. The van der Waals surface area contributed by atoms with Gasteiger partial charge in [-0.15, -0.1) is 0 Å². The highest BCUT2D eigenvalue weighted by molar-refractivity contribution is 5.48. The van der Waals surface area contributed by atoms with Crippen LogP contribution in [0, 0.1) is 16.0 Å². The van der Waals surface area contributed by atoms with Crippen molar-refractivity contribution in [1.82, 2.24) is 10.2 Å². The molecule has 1 aromatic rings. The number of phenols is 1. The first-order chi connectivity index (χ1) is 9.99. The number of phenolic OH excluding ortho intramolecular Hbond substituents is 1. The Morgan fingerprint density at radius 2 is 2.05 bits per heavy atom. The second-order valence-electron chi connectivity index (χ2n) is 5.94. The van der Waals surface area contributed by atoms with Crippen LogP contribution >= 0.6 is 0 Å². The summed E-state index contributed by atoms with van der Waals surface area (Å²) >= 11 is 0. The van der Waals surface area contributed by atoms with Crippen LogP contribution in [0.4, 0.5) is 5.69 Å². The first-order valence-electron chi connectivity index (χ1n) is 7.41. The lowest BCUT2D eigenvalue weighted by Crippen LogP contribution is -2.45. The maximum Gasteiger partial charge on any atom is 0.311 e. The van der Waals surface area contributed by atoms with Crippen molar-refractivity contribution in [3.8, 4) is 5.75 Å². The Bertz CT molecular complexity index is 499. The standard InChI is InChI=1S/C15H23N3O3/c1-11(2)9-13(17-7-5-16-6-8-17)12-3-4-15(19)14(10-12)18(20)21/h3-4,10-11,13,16,19H,5-9H2,1-2H3/t13-/m1/s1. The second kappa shape index (κ2) is 6.87. The van der Waals surface area contributed by atoms with Gasteiger partial charge in [0.05, 0.1) is 4.92 Å². The SMILES string of the molecule is CC(C)C[C@H](c1ccc(O)c([N+](=O)[O-])c1)N1CCNCC1. The normalized spacial score (nSPS) is 17.9. The number of benzene rings is 1. The Morgan fingerprint density at radius 1 is 1.38 bits per heavy atom. The van der Waals surface area contributed by atoms with Gasteiger partial charge in [-0.05, 0) is 24.0 Å². The molecule has 0 saturated carbocycles. The number of nitrogens with zero attached hydrogens (tertiary/aromatic N) is 2. The van der Waals surface area contributed by atoms with Gasteiger partial charge in [-0.3, -0.25) is 15.0 Å². The van der Waals surface area contributed by atoms with Gasteiger partial charge in [-0.25, -0.2) is 0 Å². The maximum atomic E-state index is 11.0. The first kappa shape index (κ1) is 15.7. The Morgan fingerprint density at radius 3 is 2.62 bits per heavy atom. The third kappa shape index (κ3) is 3.92. The Balaban J connectivity index is 2.31. The minimum atomic E-state index is -0.525. The average molecular weight is 293 g/mol. The molecule has 2 rings (SSSR count). The molecule has 6 nitrogen and oxygen atoms in total. The van der Waals surface area contributed by atoms with Crippen molar-refractivity contribution in [1.29, 1.82) is 0 Å². The van der Waals surface area contributed by atoms with Gasteiger partial charge in [-0.1, -0.05) is 19.9 Å². The van der Waals surface area contributed by atoms with E-state index >= 15 is 0 Å². The molecule has 1 fully saturated rings. The number of nitro groups is 1. The molecule has 1 heterocycles. The molecule has 0 spiro atoms. The summed E-state index contributed by atoms with van der Waals surface area (Å²) in [4.78, 5) is 12.9. The molecule has 1 saturated heterocycles. The van der Waals surface area contributed by atoms with Crippen LogP contribution in [-0.4, -0.2) is 41.1 Å². The van der Waals surface area contributed by atoms with Crippen LogP contribution in [0.15, 0.2) is 18.2 Å². The lowest BCUT2D eigenvalue weighted by atomic mass is 9.94. The molecular weight excluding hydrogens is 270 g/mol. The predicted molar refractivity (Wildman–Crippen MR) is 81.4 cm³/mol. The van der Waals surface area contributed by atoms with Crippen molar-refractivity contribution in [2.24, 2.45) is 5.92 Å². The molecule has 1 atom stereocenters. The van der Waals surface area contributed by atoms with E-state index in [1.165, 1.54) is 12.1 Å². The second-order valence-corrected chi connectivity index (χ2v) is 5.94. The van der Waals surface area contributed by atoms with E-state index in [1.807, 2.05) is 0 Å². The van der Waals surface area contributed by atoms with E-state index in [0.29, 0.717) is 5.92 Å². The van der Waals surface area contributed by atoms with Gasteiger partial charge >= 0.3 is 5.69 Å². The predicted octanol–water partition coefficient (Wildman–Crippen LogP) is 2.29. The van der Waals surface area contributed by atoms with Gasteiger partial charge < -0.3 is 10.4 Å². The maximum absolute atomic E-state index is 11.0. The molecule has 6 heteroatoms. The summed E-state index contributed by atoms with van der Waals surface area (Å²) in [6.45, 7) is 8.07. The fraction of sp³-hybridized carbons (Fsp3) is 0.600. The molecule has 2 N–H and O–H groups in total. The Labute approximate surface area is 124 Å². The molecule has 1 aliphatic heterocycles. The highest BCUT2D eigenvalue weighted by Crippen LogP contribution is 2.34. The minimum Gasteiger partial charge on any atom is -0.502 e. The summed E-state index contributed by atoms with van der Waals surface area (Å²) in [7, 11) is 0. The smallest absolute Gasteiger partial charge is 0.311 e. The summed E-state index contributed by atoms with van der Waals surface area (Å²) in [6.07, 6.45) is 0.946. The van der Waals surface area contributed by atoms with Gasteiger partial charge in [0.2, 0.25) is 0 Å². The van der Waals surface area contributed by atoms with Crippen molar-refractivity contribution in [2.45, 2.75) is 26.3 Å².